The molecule has 0 spiro atoms. The molecule has 2 aromatic rings. The summed E-state index contributed by atoms with van der Waals surface area (Å²) in [6, 6.07) is 22.1. The number of hydrogen-bond donors (Lipinski definition) is 3. The molecule has 6 N–H and O–H groups in total. The number of nitrogens with two attached hydrogens (primary N) is 3. The summed E-state index contributed by atoms with van der Waals surface area (Å²) >= 11 is 0. The van der Waals surface area contributed by atoms with Crippen molar-refractivity contribution in [3.8, 4) is 0 Å². The third kappa shape index (κ3) is 5.59. The maximum absolute atomic E-state index is 6.80. The van der Waals surface area contributed by atoms with Crippen molar-refractivity contribution in [3.63, 3.8) is 0 Å². The van der Waals surface area contributed by atoms with Crippen molar-refractivity contribution in [1.82, 2.24) is 0 Å². The molecule has 4 nitrogen and oxygen atoms in total. The zero-order valence-electron chi connectivity index (χ0n) is 21.8. The molecule has 1 saturated carbocycles. The summed E-state index contributed by atoms with van der Waals surface area (Å²) in [5.41, 5.74) is 19.5. The highest BCUT2D eigenvalue weighted by atomic mass is 15.1. The SMILES string of the molecule is C=C(c1ccccc1)C12CCC(N)C1CC(CCCCCCCCC/C(N)=N/N)=C2c1ccccc1. The number of amidine groups is 1. The average molecular weight is 485 g/mol. The van der Waals surface area contributed by atoms with Crippen molar-refractivity contribution in [1.29, 1.82) is 0 Å². The predicted octanol–water partition coefficient (Wildman–Crippen LogP) is 7.02. The summed E-state index contributed by atoms with van der Waals surface area (Å²) in [6.07, 6.45) is 13.9. The first-order valence-electron chi connectivity index (χ1n) is 13.9. The number of benzene rings is 2. The first kappa shape index (κ1) is 26.2. The van der Waals surface area contributed by atoms with Crippen LogP contribution in [-0.2, 0) is 0 Å². The molecule has 0 aromatic heterocycles. The molecule has 2 aliphatic carbocycles. The standard InChI is InChI=1S/C32H44N4/c1-24(25-15-10-7-11-16-25)32-22-21-29(33)28(32)23-27(31(32)26-17-12-8-13-18-26)19-9-5-3-2-4-6-14-20-30(34)36-35/h7-8,10-13,15-18,28-29H,1-6,9,14,19-23,33,35H2,(H2,34,36). The number of unbranched alkanes of at least 4 members (excludes halogenated alkanes) is 6. The van der Waals surface area contributed by atoms with Crippen molar-refractivity contribution < 1.29 is 0 Å². The van der Waals surface area contributed by atoms with Gasteiger partial charge >= 0.3 is 0 Å². The van der Waals surface area contributed by atoms with E-state index in [-0.39, 0.29) is 11.5 Å². The molecule has 36 heavy (non-hydrogen) atoms. The van der Waals surface area contributed by atoms with Gasteiger partial charge in [-0.1, -0.05) is 105 Å². The third-order valence-corrected chi connectivity index (χ3v) is 8.59. The minimum atomic E-state index is -0.0495. The molecule has 2 aromatic carbocycles. The molecule has 0 radical (unpaired) electrons. The molecule has 0 bridgehead atoms. The molecule has 3 atom stereocenters. The maximum Gasteiger partial charge on any atom is 0.119 e. The highest BCUT2D eigenvalue weighted by Gasteiger charge is 2.55. The Morgan fingerprint density at radius 1 is 0.889 bits per heavy atom. The van der Waals surface area contributed by atoms with Crippen LogP contribution in [0.3, 0.4) is 0 Å². The summed E-state index contributed by atoms with van der Waals surface area (Å²) in [6.45, 7) is 4.73. The van der Waals surface area contributed by atoms with Gasteiger partial charge in [0.05, 0.1) is 0 Å². The first-order chi connectivity index (χ1) is 17.6. The molecule has 4 rings (SSSR count). The van der Waals surface area contributed by atoms with Gasteiger partial charge in [-0.05, 0) is 66.7 Å². The molecule has 3 unspecified atom stereocenters. The Morgan fingerprint density at radius 3 is 2.17 bits per heavy atom. The van der Waals surface area contributed by atoms with E-state index in [1.54, 1.807) is 5.57 Å². The van der Waals surface area contributed by atoms with Crippen molar-refractivity contribution in [2.24, 2.45) is 33.7 Å². The number of hydrogen-bond acceptors (Lipinski definition) is 3. The lowest BCUT2D eigenvalue weighted by molar-refractivity contribution is 0.376. The molecule has 4 heteroatoms. The zero-order chi connectivity index (χ0) is 25.4. The number of hydrazone groups is 1. The highest BCUT2D eigenvalue weighted by molar-refractivity contribution is 5.90. The van der Waals surface area contributed by atoms with E-state index in [4.69, 9.17) is 23.9 Å². The molecule has 0 heterocycles. The van der Waals surface area contributed by atoms with Crippen LogP contribution in [0.25, 0.3) is 11.1 Å². The zero-order valence-corrected chi connectivity index (χ0v) is 21.8. The van der Waals surface area contributed by atoms with E-state index >= 15 is 0 Å². The van der Waals surface area contributed by atoms with Gasteiger partial charge in [0.15, 0.2) is 0 Å². The Bertz CT molecular complexity index is 1060. The highest BCUT2D eigenvalue weighted by Crippen LogP contribution is 2.65. The Balaban J connectivity index is 1.46. The fourth-order valence-electron chi connectivity index (χ4n) is 6.77. The van der Waals surface area contributed by atoms with Crippen LogP contribution in [0.2, 0.25) is 0 Å². The Hall–Kier alpha value is -2.85. The van der Waals surface area contributed by atoms with Gasteiger partial charge in [-0.15, -0.1) is 0 Å². The lowest BCUT2D eigenvalue weighted by Crippen LogP contribution is -2.33. The molecule has 0 aliphatic heterocycles. The molecule has 192 valence electrons. The van der Waals surface area contributed by atoms with Crippen LogP contribution >= 0.6 is 0 Å². The number of rotatable bonds is 13. The van der Waals surface area contributed by atoms with E-state index in [1.165, 1.54) is 67.2 Å². The molecule has 1 fully saturated rings. The normalized spacial score (nSPS) is 23.8. The van der Waals surface area contributed by atoms with Gasteiger partial charge in [-0.25, -0.2) is 0 Å². The summed E-state index contributed by atoms with van der Waals surface area (Å²) < 4.78 is 0. The molecule has 2 aliphatic rings. The smallest absolute Gasteiger partial charge is 0.119 e. The lowest BCUT2D eigenvalue weighted by Gasteiger charge is -2.37. The monoisotopic (exact) mass is 484 g/mol. The van der Waals surface area contributed by atoms with Crippen LogP contribution in [0.1, 0.15) is 88.2 Å². The second kappa shape index (κ2) is 12.4. The van der Waals surface area contributed by atoms with E-state index in [0.717, 1.165) is 32.1 Å². The van der Waals surface area contributed by atoms with Gasteiger partial charge in [0, 0.05) is 17.9 Å². The van der Waals surface area contributed by atoms with E-state index in [2.05, 4.69) is 65.8 Å². The fourth-order valence-corrected chi connectivity index (χ4v) is 6.77. The predicted molar refractivity (Wildman–Crippen MR) is 154 cm³/mol. The second-order valence-corrected chi connectivity index (χ2v) is 10.8. The van der Waals surface area contributed by atoms with Gasteiger partial charge < -0.3 is 17.3 Å². The van der Waals surface area contributed by atoms with Gasteiger partial charge in [0.2, 0.25) is 0 Å². The number of fused-ring (bicyclic) bond motifs is 1. The number of allylic oxidation sites excluding steroid dienone is 3. The minimum absolute atomic E-state index is 0.0495. The largest absolute Gasteiger partial charge is 0.386 e. The second-order valence-electron chi connectivity index (χ2n) is 10.8. The van der Waals surface area contributed by atoms with Gasteiger partial charge in [0.25, 0.3) is 0 Å². The van der Waals surface area contributed by atoms with Crippen molar-refractivity contribution in [2.75, 3.05) is 0 Å². The van der Waals surface area contributed by atoms with Gasteiger partial charge in [-0.2, -0.15) is 5.10 Å². The van der Waals surface area contributed by atoms with Crippen LogP contribution in [0, 0.1) is 11.3 Å². The van der Waals surface area contributed by atoms with Crippen molar-refractivity contribution >= 4 is 17.0 Å². The summed E-state index contributed by atoms with van der Waals surface area (Å²) in [7, 11) is 0. The van der Waals surface area contributed by atoms with E-state index in [9.17, 15) is 0 Å². The first-order valence-corrected chi connectivity index (χ1v) is 13.9. The fraction of sp³-hybridized carbons (Fsp3) is 0.469. The molecular formula is C32H44N4. The minimum Gasteiger partial charge on any atom is -0.386 e. The Labute approximate surface area is 217 Å². The van der Waals surface area contributed by atoms with E-state index in [0.29, 0.717) is 11.8 Å². The van der Waals surface area contributed by atoms with Gasteiger partial charge in [-0.3, -0.25) is 0 Å². The number of nitrogens with zero attached hydrogens (tertiary/aromatic N) is 1. The van der Waals surface area contributed by atoms with Crippen molar-refractivity contribution in [2.45, 2.75) is 83.1 Å². The molecular weight excluding hydrogens is 440 g/mol. The lowest BCUT2D eigenvalue weighted by atomic mass is 9.66. The summed E-state index contributed by atoms with van der Waals surface area (Å²) in [5.74, 6) is 6.21. The Kier molecular flexibility index (Phi) is 9.03. The van der Waals surface area contributed by atoms with Crippen LogP contribution < -0.4 is 17.3 Å². The van der Waals surface area contributed by atoms with E-state index in [1.807, 2.05) is 0 Å². The third-order valence-electron chi connectivity index (χ3n) is 8.59. The Morgan fingerprint density at radius 2 is 1.50 bits per heavy atom. The topological polar surface area (TPSA) is 90.4 Å². The quantitative estimate of drug-likeness (QED) is 0.0937. The summed E-state index contributed by atoms with van der Waals surface area (Å²) in [4.78, 5) is 0. The van der Waals surface area contributed by atoms with Gasteiger partial charge in [0.1, 0.15) is 5.84 Å². The molecule has 0 amide bonds. The van der Waals surface area contributed by atoms with Crippen LogP contribution in [0.5, 0.6) is 0 Å². The van der Waals surface area contributed by atoms with Crippen LogP contribution in [-0.4, -0.2) is 11.9 Å². The van der Waals surface area contributed by atoms with Crippen molar-refractivity contribution in [3.05, 3.63) is 83.9 Å². The van der Waals surface area contributed by atoms with E-state index < -0.39 is 0 Å². The van der Waals surface area contributed by atoms with Crippen LogP contribution in [0.15, 0.2) is 77.9 Å². The maximum atomic E-state index is 6.80. The molecule has 0 saturated heterocycles. The van der Waals surface area contributed by atoms with Crippen LogP contribution in [0.4, 0.5) is 0 Å². The average Bonchev–Trinajstić information content (AvgIpc) is 3.42. The summed E-state index contributed by atoms with van der Waals surface area (Å²) in [5, 5.41) is 3.55.